The molecule has 2 fully saturated rings. The average Bonchev–Trinajstić information content (AvgIpc) is 2.78. The van der Waals surface area contributed by atoms with E-state index in [4.69, 9.17) is 23.7 Å². The molecule has 7 nitrogen and oxygen atoms in total. The quantitative estimate of drug-likeness (QED) is 0.785. The Morgan fingerprint density at radius 2 is 1.77 bits per heavy atom. The summed E-state index contributed by atoms with van der Waals surface area (Å²) in [6.45, 7) is 2.15. The molecule has 0 bridgehead atoms. The van der Waals surface area contributed by atoms with Gasteiger partial charge < -0.3 is 29.0 Å². The summed E-state index contributed by atoms with van der Waals surface area (Å²) < 4.78 is 30.1. The predicted molar refractivity (Wildman–Crippen MR) is 108 cm³/mol. The molecule has 6 atom stereocenters. The second-order valence-corrected chi connectivity index (χ2v) is 7.44. The average molecular weight is 413 g/mol. The van der Waals surface area contributed by atoms with Crippen LogP contribution in [0.25, 0.3) is 0 Å². The van der Waals surface area contributed by atoms with Gasteiger partial charge in [-0.3, -0.25) is 4.79 Å². The standard InChI is InChI=1S/C23H27NO6/c1-15(25)24-19-21(26-2)20-18(14-28-22(30-20)17-11-7-4-8-12-17)29-23(19)27-13-16-9-5-3-6-10-16/h3-12,18-23H,13-14H2,1-2H3,(H,24,25)/t18-,19-,20-,21-,22-,23+/m1/s1. The number of hydrogen-bond donors (Lipinski definition) is 1. The van der Waals surface area contributed by atoms with E-state index < -0.39 is 30.8 Å². The summed E-state index contributed by atoms with van der Waals surface area (Å²) in [5.74, 6) is -0.191. The van der Waals surface area contributed by atoms with Crippen molar-refractivity contribution in [3.63, 3.8) is 0 Å². The van der Waals surface area contributed by atoms with Crippen LogP contribution in [0.3, 0.4) is 0 Å². The molecule has 160 valence electrons. The summed E-state index contributed by atoms with van der Waals surface area (Å²) in [5, 5.41) is 2.92. The lowest BCUT2D eigenvalue weighted by atomic mass is 9.95. The van der Waals surface area contributed by atoms with Crippen LogP contribution in [0.4, 0.5) is 0 Å². The minimum atomic E-state index is -0.694. The van der Waals surface area contributed by atoms with Crippen molar-refractivity contribution in [3.05, 3.63) is 71.8 Å². The Labute approximate surface area is 176 Å². The molecule has 7 heteroatoms. The van der Waals surface area contributed by atoms with Gasteiger partial charge in [-0.05, 0) is 5.56 Å². The van der Waals surface area contributed by atoms with Crippen molar-refractivity contribution in [2.75, 3.05) is 13.7 Å². The molecule has 1 N–H and O–H groups in total. The molecule has 30 heavy (non-hydrogen) atoms. The second-order valence-electron chi connectivity index (χ2n) is 7.44. The molecule has 2 aliphatic rings. The Morgan fingerprint density at radius 1 is 1.07 bits per heavy atom. The van der Waals surface area contributed by atoms with Crippen LogP contribution in [0.2, 0.25) is 0 Å². The molecule has 0 saturated carbocycles. The van der Waals surface area contributed by atoms with E-state index in [-0.39, 0.29) is 12.0 Å². The maximum absolute atomic E-state index is 11.9. The highest BCUT2D eigenvalue weighted by atomic mass is 16.7. The molecule has 2 aromatic rings. The highest BCUT2D eigenvalue weighted by Gasteiger charge is 2.51. The Balaban J connectivity index is 1.51. The van der Waals surface area contributed by atoms with Crippen molar-refractivity contribution >= 4 is 5.91 Å². The summed E-state index contributed by atoms with van der Waals surface area (Å²) in [6.07, 6.45) is -2.46. The van der Waals surface area contributed by atoms with Gasteiger partial charge in [0.2, 0.25) is 5.91 Å². The van der Waals surface area contributed by atoms with Crippen molar-refractivity contribution in [2.24, 2.45) is 0 Å². The van der Waals surface area contributed by atoms with E-state index in [0.29, 0.717) is 13.2 Å². The van der Waals surface area contributed by atoms with Gasteiger partial charge in [0, 0.05) is 19.6 Å². The van der Waals surface area contributed by atoms with Crippen molar-refractivity contribution in [1.82, 2.24) is 5.32 Å². The Kier molecular flexibility index (Phi) is 6.76. The van der Waals surface area contributed by atoms with E-state index in [0.717, 1.165) is 11.1 Å². The predicted octanol–water partition coefficient (Wildman–Crippen LogP) is 2.56. The molecule has 0 spiro atoms. The normalized spacial score (nSPS) is 31.0. The molecule has 0 radical (unpaired) electrons. The SMILES string of the molecule is CO[C@@H]1[C@@H](NC(C)=O)[C@@H](OCc2ccccc2)O[C@@H]2CO[C@@H](c3ccccc3)O[C@@H]12. The molecule has 0 unspecified atom stereocenters. The highest BCUT2D eigenvalue weighted by molar-refractivity contribution is 5.73. The fourth-order valence-corrected chi connectivity index (χ4v) is 3.91. The molecule has 2 aliphatic heterocycles. The topological polar surface area (TPSA) is 75.3 Å². The van der Waals surface area contributed by atoms with E-state index in [9.17, 15) is 4.79 Å². The van der Waals surface area contributed by atoms with Crippen molar-refractivity contribution < 1.29 is 28.5 Å². The van der Waals surface area contributed by atoms with Crippen LogP contribution in [0.15, 0.2) is 60.7 Å². The zero-order valence-electron chi connectivity index (χ0n) is 17.1. The van der Waals surface area contributed by atoms with Gasteiger partial charge in [-0.15, -0.1) is 0 Å². The van der Waals surface area contributed by atoms with Gasteiger partial charge in [0.05, 0.1) is 13.2 Å². The minimum absolute atomic E-state index is 0.191. The number of carbonyl (C=O) groups excluding carboxylic acids is 1. The van der Waals surface area contributed by atoms with Gasteiger partial charge in [-0.2, -0.15) is 0 Å². The Morgan fingerprint density at radius 3 is 2.43 bits per heavy atom. The van der Waals surface area contributed by atoms with Gasteiger partial charge in [-0.1, -0.05) is 60.7 Å². The first-order chi connectivity index (χ1) is 14.7. The number of fused-ring (bicyclic) bond motifs is 1. The van der Waals surface area contributed by atoms with Crippen molar-refractivity contribution in [3.8, 4) is 0 Å². The summed E-state index contributed by atoms with van der Waals surface area (Å²) in [5.41, 5.74) is 1.93. The highest BCUT2D eigenvalue weighted by Crippen LogP contribution is 2.35. The summed E-state index contributed by atoms with van der Waals surface area (Å²) in [6, 6.07) is 19.0. The molecule has 0 aliphatic carbocycles. The number of amides is 1. The molecular formula is C23H27NO6. The number of methoxy groups -OCH3 is 1. The largest absolute Gasteiger partial charge is 0.376 e. The Bertz CT molecular complexity index is 817. The Hall–Kier alpha value is -2.29. The van der Waals surface area contributed by atoms with Crippen molar-refractivity contribution in [2.45, 2.75) is 50.5 Å². The maximum atomic E-state index is 11.9. The summed E-state index contributed by atoms with van der Waals surface area (Å²) in [4.78, 5) is 11.9. The molecule has 4 rings (SSSR count). The van der Waals surface area contributed by atoms with E-state index in [1.165, 1.54) is 6.92 Å². The van der Waals surface area contributed by atoms with E-state index in [1.807, 2.05) is 60.7 Å². The first-order valence-corrected chi connectivity index (χ1v) is 10.1. The number of carbonyl (C=O) groups is 1. The van der Waals surface area contributed by atoms with Crippen LogP contribution < -0.4 is 5.32 Å². The molecule has 2 heterocycles. The number of rotatable bonds is 6. The second kappa shape index (κ2) is 9.68. The first kappa shape index (κ1) is 21.0. The third-order valence-electron chi connectivity index (χ3n) is 5.31. The van der Waals surface area contributed by atoms with Crippen LogP contribution in [-0.4, -0.2) is 50.3 Å². The number of benzene rings is 2. The minimum Gasteiger partial charge on any atom is -0.376 e. The molecule has 1 amide bonds. The van der Waals surface area contributed by atoms with Crippen LogP contribution in [0.1, 0.15) is 24.3 Å². The zero-order valence-corrected chi connectivity index (χ0v) is 17.1. The monoisotopic (exact) mass is 413 g/mol. The fraction of sp³-hybridized carbons (Fsp3) is 0.435. The number of hydrogen-bond acceptors (Lipinski definition) is 6. The zero-order chi connectivity index (χ0) is 20.9. The van der Waals surface area contributed by atoms with Crippen LogP contribution in [-0.2, 0) is 35.1 Å². The lowest BCUT2D eigenvalue weighted by molar-refractivity contribution is -0.347. The summed E-state index contributed by atoms with van der Waals surface area (Å²) in [7, 11) is 1.60. The maximum Gasteiger partial charge on any atom is 0.217 e. The van der Waals surface area contributed by atoms with Gasteiger partial charge in [-0.25, -0.2) is 0 Å². The van der Waals surface area contributed by atoms with Gasteiger partial charge >= 0.3 is 0 Å². The number of nitrogens with one attached hydrogen (secondary N) is 1. The third-order valence-corrected chi connectivity index (χ3v) is 5.31. The first-order valence-electron chi connectivity index (χ1n) is 10.1. The van der Waals surface area contributed by atoms with E-state index in [2.05, 4.69) is 5.32 Å². The van der Waals surface area contributed by atoms with Crippen LogP contribution in [0, 0.1) is 0 Å². The summed E-state index contributed by atoms with van der Waals surface area (Å²) >= 11 is 0. The van der Waals surface area contributed by atoms with Crippen LogP contribution in [0.5, 0.6) is 0 Å². The van der Waals surface area contributed by atoms with Crippen molar-refractivity contribution in [1.29, 1.82) is 0 Å². The fourth-order valence-electron chi connectivity index (χ4n) is 3.91. The van der Waals surface area contributed by atoms with Gasteiger partial charge in [0.15, 0.2) is 12.6 Å². The lowest BCUT2D eigenvalue weighted by Crippen LogP contribution is -2.67. The number of ether oxygens (including phenoxy) is 5. The lowest BCUT2D eigenvalue weighted by Gasteiger charge is -2.48. The molecule has 2 aromatic carbocycles. The van der Waals surface area contributed by atoms with Gasteiger partial charge in [0.25, 0.3) is 0 Å². The molecular weight excluding hydrogens is 386 g/mol. The molecule has 2 saturated heterocycles. The molecule has 0 aromatic heterocycles. The van der Waals surface area contributed by atoms with Gasteiger partial charge in [0.1, 0.15) is 24.4 Å². The smallest absolute Gasteiger partial charge is 0.217 e. The van der Waals surface area contributed by atoms with E-state index >= 15 is 0 Å². The van der Waals surface area contributed by atoms with E-state index in [1.54, 1.807) is 7.11 Å². The third kappa shape index (κ3) is 4.71. The van der Waals surface area contributed by atoms with Crippen LogP contribution >= 0.6 is 0 Å².